The first kappa shape index (κ1) is 21.5. The quantitative estimate of drug-likeness (QED) is 0.784. The summed E-state index contributed by atoms with van der Waals surface area (Å²) >= 11 is 0. The molecule has 0 spiro atoms. The highest BCUT2D eigenvalue weighted by molar-refractivity contribution is 5.83. The van der Waals surface area contributed by atoms with Gasteiger partial charge in [-0.05, 0) is 31.9 Å². The first-order chi connectivity index (χ1) is 13.1. The van der Waals surface area contributed by atoms with Crippen LogP contribution in [-0.4, -0.2) is 42.2 Å². The second kappa shape index (κ2) is 8.93. The lowest BCUT2D eigenvalue weighted by molar-refractivity contribution is -0.274. The third kappa shape index (κ3) is 5.85. The summed E-state index contributed by atoms with van der Waals surface area (Å²) < 4.78 is 41.7. The van der Waals surface area contributed by atoms with Gasteiger partial charge in [0, 0.05) is 25.2 Å². The summed E-state index contributed by atoms with van der Waals surface area (Å²) in [7, 11) is 0. The monoisotopic (exact) mass is 398 g/mol. The average molecular weight is 398 g/mol. The van der Waals surface area contributed by atoms with Gasteiger partial charge >= 0.3 is 6.36 Å². The molecule has 1 heterocycles. The van der Waals surface area contributed by atoms with Crippen molar-refractivity contribution in [2.75, 3.05) is 13.1 Å². The van der Waals surface area contributed by atoms with E-state index in [1.165, 1.54) is 17.0 Å². The molecule has 1 fully saturated rings. The van der Waals surface area contributed by atoms with Gasteiger partial charge in [-0.3, -0.25) is 9.59 Å². The van der Waals surface area contributed by atoms with Crippen molar-refractivity contribution < 1.29 is 27.5 Å². The minimum Gasteiger partial charge on any atom is -0.405 e. The molecule has 10 heteroatoms. The highest BCUT2D eigenvalue weighted by atomic mass is 19.4. The van der Waals surface area contributed by atoms with E-state index in [1.54, 1.807) is 13.0 Å². The van der Waals surface area contributed by atoms with E-state index < -0.39 is 24.1 Å². The molecule has 2 amide bonds. The number of hydrogen-bond acceptors (Lipinski definition) is 5. The topological polar surface area (TPSA) is 108 Å². The number of nitrogens with two attached hydrogens (primary N) is 1. The van der Waals surface area contributed by atoms with Gasteiger partial charge in [0.2, 0.25) is 11.8 Å². The van der Waals surface area contributed by atoms with Crippen molar-refractivity contribution in [3.05, 3.63) is 29.3 Å². The van der Waals surface area contributed by atoms with Crippen LogP contribution in [0.15, 0.2) is 18.2 Å². The molecule has 0 unspecified atom stereocenters. The van der Waals surface area contributed by atoms with E-state index in [1.807, 2.05) is 0 Å². The molecule has 0 radical (unpaired) electrons. The third-order valence-electron chi connectivity index (χ3n) is 4.37. The summed E-state index contributed by atoms with van der Waals surface area (Å²) in [6, 6.07) is 4.69. The van der Waals surface area contributed by atoms with E-state index in [2.05, 4.69) is 10.1 Å². The molecule has 28 heavy (non-hydrogen) atoms. The Morgan fingerprint density at radius 1 is 1.46 bits per heavy atom. The maximum Gasteiger partial charge on any atom is 0.573 e. The summed E-state index contributed by atoms with van der Waals surface area (Å²) in [4.78, 5) is 26.0. The van der Waals surface area contributed by atoms with Gasteiger partial charge in [-0.15, -0.1) is 13.2 Å². The van der Waals surface area contributed by atoms with Crippen LogP contribution in [0.2, 0.25) is 0 Å². The Labute approximate surface area is 160 Å². The van der Waals surface area contributed by atoms with Crippen molar-refractivity contribution in [1.82, 2.24) is 10.2 Å². The van der Waals surface area contributed by atoms with Crippen LogP contribution in [0.1, 0.15) is 30.9 Å². The van der Waals surface area contributed by atoms with Gasteiger partial charge in [-0.25, -0.2) is 0 Å². The van der Waals surface area contributed by atoms with Gasteiger partial charge in [-0.1, -0.05) is 6.07 Å². The van der Waals surface area contributed by atoms with Crippen LogP contribution in [0.25, 0.3) is 0 Å². The zero-order valence-corrected chi connectivity index (χ0v) is 15.3. The smallest absolute Gasteiger partial charge is 0.405 e. The van der Waals surface area contributed by atoms with Crippen molar-refractivity contribution in [3.63, 3.8) is 0 Å². The largest absolute Gasteiger partial charge is 0.573 e. The number of ether oxygens (including phenoxy) is 1. The fraction of sp³-hybridized carbons (Fsp3) is 0.500. The number of piperidine rings is 1. The lowest BCUT2D eigenvalue weighted by Gasteiger charge is -2.33. The molecule has 1 aliphatic heterocycles. The van der Waals surface area contributed by atoms with Gasteiger partial charge < -0.3 is 20.7 Å². The Bertz CT molecular complexity index is 774. The Hall–Kier alpha value is -2.80. The SMILES string of the molecule is C[C@@H](N)C(=O)N1CCC[C@@H](C(=O)NCc2ccc(C#N)cc2OC(F)(F)F)C1. The Morgan fingerprint density at radius 3 is 2.79 bits per heavy atom. The molecular weight excluding hydrogens is 377 g/mol. The standard InChI is InChI=1S/C18H21F3N4O3/c1-11(23)17(27)25-6-2-3-14(10-25)16(26)24-9-13-5-4-12(8-22)7-15(13)28-18(19,20)21/h4-5,7,11,14H,2-3,6,9-10,23H2,1H3,(H,24,26)/t11-,14-/m1/s1. The molecule has 1 aromatic carbocycles. The molecular formula is C18H21F3N4O3. The second-order valence-electron chi connectivity index (χ2n) is 6.61. The number of halogens is 3. The molecule has 0 bridgehead atoms. The molecule has 0 aromatic heterocycles. The highest BCUT2D eigenvalue weighted by Crippen LogP contribution is 2.28. The maximum absolute atomic E-state index is 12.6. The number of nitrogens with zero attached hydrogens (tertiary/aromatic N) is 2. The number of hydrogen-bond donors (Lipinski definition) is 2. The number of amides is 2. The zero-order valence-electron chi connectivity index (χ0n) is 15.3. The predicted octanol–water partition coefficient (Wildman–Crippen LogP) is 1.66. The molecule has 2 rings (SSSR count). The molecule has 1 aliphatic rings. The molecule has 1 aromatic rings. The molecule has 2 atom stereocenters. The van der Waals surface area contributed by atoms with E-state index >= 15 is 0 Å². The molecule has 7 nitrogen and oxygen atoms in total. The Kier molecular flexibility index (Phi) is 6.85. The fourth-order valence-corrected chi connectivity index (χ4v) is 3.00. The van der Waals surface area contributed by atoms with E-state index in [-0.39, 0.29) is 36.0 Å². The first-order valence-corrected chi connectivity index (χ1v) is 8.71. The van der Waals surface area contributed by atoms with Crippen LogP contribution in [0.5, 0.6) is 5.75 Å². The molecule has 0 aliphatic carbocycles. The fourth-order valence-electron chi connectivity index (χ4n) is 3.00. The predicted molar refractivity (Wildman–Crippen MR) is 92.6 cm³/mol. The van der Waals surface area contributed by atoms with Gasteiger partial charge in [0.25, 0.3) is 0 Å². The summed E-state index contributed by atoms with van der Waals surface area (Å²) in [6.07, 6.45) is -3.72. The van der Waals surface area contributed by atoms with E-state index in [0.29, 0.717) is 19.4 Å². The highest BCUT2D eigenvalue weighted by Gasteiger charge is 2.33. The van der Waals surface area contributed by atoms with Crippen molar-refractivity contribution in [3.8, 4) is 11.8 Å². The van der Waals surface area contributed by atoms with Crippen LogP contribution in [0.3, 0.4) is 0 Å². The van der Waals surface area contributed by atoms with Gasteiger partial charge in [0.15, 0.2) is 0 Å². The molecule has 1 saturated heterocycles. The summed E-state index contributed by atoms with van der Waals surface area (Å²) in [6.45, 7) is 2.10. The normalized spacial score (nSPS) is 18.1. The van der Waals surface area contributed by atoms with Crippen LogP contribution in [0.4, 0.5) is 13.2 Å². The number of nitriles is 1. The first-order valence-electron chi connectivity index (χ1n) is 8.71. The van der Waals surface area contributed by atoms with Crippen molar-refractivity contribution in [1.29, 1.82) is 5.26 Å². The minimum atomic E-state index is -4.92. The van der Waals surface area contributed by atoms with Crippen LogP contribution < -0.4 is 15.8 Å². The average Bonchev–Trinajstić information content (AvgIpc) is 2.64. The van der Waals surface area contributed by atoms with Crippen molar-refractivity contribution in [2.24, 2.45) is 11.7 Å². The zero-order chi connectivity index (χ0) is 20.9. The number of benzene rings is 1. The van der Waals surface area contributed by atoms with Crippen LogP contribution >= 0.6 is 0 Å². The summed E-state index contributed by atoms with van der Waals surface area (Å²) in [5.41, 5.74) is 5.69. The summed E-state index contributed by atoms with van der Waals surface area (Å²) in [5, 5.41) is 11.4. The number of carbonyl (C=O) groups is 2. The van der Waals surface area contributed by atoms with E-state index in [9.17, 15) is 22.8 Å². The molecule has 152 valence electrons. The van der Waals surface area contributed by atoms with Crippen LogP contribution in [0, 0.1) is 17.2 Å². The maximum atomic E-state index is 12.6. The number of rotatable bonds is 5. The van der Waals surface area contributed by atoms with Crippen molar-refractivity contribution >= 4 is 11.8 Å². The Balaban J connectivity index is 2.04. The molecule has 0 saturated carbocycles. The minimum absolute atomic E-state index is 0.00617. The van der Waals surface area contributed by atoms with Crippen LogP contribution in [-0.2, 0) is 16.1 Å². The van der Waals surface area contributed by atoms with Gasteiger partial charge in [-0.2, -0.15) is 5.26 Å². The Morgan fingerprint density at radius 2 is 2.18 bits per heavy atom. The van der Waals surface area contributed by atoms with Gasteiger partial charge in [0.05, 0.1) is 23.6 Å². The number of alkyl halides is 3. The number of likely N-dealkylation sites (tertiary alicyclic amines) is 1. The summed E-state index contributed by atoms with van der Waals surface area (Å²) in [5.74, 6) is -1.62. The molecule has 3 N–H and O–H groups in total. The second-order valence-corrected chi connectivity index (χ2v) is 6.61. The van der Waals surface area contributed by atoms with Gasteiger partial charge in [0.1, 0.15) is 5.75 Å². The van der Waals surface area contributed by atoms with E-state index in [0.717, 1.165) is 6.07 Å². The lowest BCUT2D eigenvalue weighted by Crippen LogP contribution is -2.49. The third-order valence-corrected chi connectivity index (χ3v) is 4.37. The van der Waals surface area contributed by atoms with Crippen molar-refractivity contribution in [2.45, 2.75) is 38.7 Å². The lowest BCUT2D eigenvalue weighted by atomic mass is 9.96. The number of nitrogens with one attached hydrogen (secondary N) is 1. The van der Waals surface area contributed by atoms with E-state index in [4.69, 9.17) is 11.0 Å². The number of carbonyl (C=O) groups excluding carboxylic acids is 2.